The highest BCUT2D eigenvalue weighted by molar-refractivity contribution is 6.35. The Morgan fingerprint density at radius 3 is 2.25 bits per heavy atom. The maximum Gasteiger partial charge on any atom is 0.513 e. The van der Waals surface area contributed by atoms with E-state index in [1.54, 1.807) is 55.7 Å². The van der Waals surface area contributed by atoms with Crippen molar-refractivity contribution in [2.75, 3.05) is 11.5 Å². The number of nitrogens with zero attached hydrogens (tertiary/aromatic N) is 1. The summed E-state index contributed by atoms with van der Waals surface area (Å²) in [5, 5.41) is 9.12. The monoisotopic (exact) mass is 490 g/mol. The lowest BCUT2D eigenvalue weighted by atomic mass is 10.00. The first-order valence-corrected chi connectivity index (χ1v) is 11.7. The number of fused-ring (bicyclic) bond motifs is 2. The Balaban J connectivity index is 2.04. The zero-order chi connectivity index (χ0) is 26.0. The van der Waals surface area contributed by atoms with Crippen LogP contribution < -0.4 is 15.1 Å². The van der Waals surface area contributed by atoms with Gasteiger partial charge < -0.3 is 9.47 Å². The average Bonchev–Trinajstić information content (AvgIpc) is 3.21. The Morgan fingerprint density at radius 2 is 1.67 bits per heavy atom. The molecule has 0 saturated heterocycles. The summed E-state index contributed by atoms with van der Waals surface area (Å²) < 4.78 is 10.6. The molecule has 0 atom stereocenters. The van der Waals surface area contributed by atoms with Crippen LogP contribution >= 0.6 is 0 Å². The standard InChI is InChI=1S/C27H26N2O7/c1-4-6-9-19-21-15(3)14-16(24(30)28-34)12-13-20(21)23(36-27(33)35-5-2)22(19)29-25(31)17-10-7-8-11-18(17)26(29)32/h7-8,10-14,34H,4-6,9H2,1-3H3,(H,28,30). The van der Waals surface area contributed by atoms with Gasteiger partial charge >= 0.3 is 6.16 Å². The molecule has 4 rings (SSSR count). The summed E-state index contributed by atoms with van der Waals surface area (Å²) in [4.78, 5) is 52.6. The van der Waals surface area contributed by atoms with E-state index in [0.29, 0.717) is 28.7 Å². The number of hydrogen-bond acceptors (Lipinski definition) is 7. The number of ether oxygens (including phenoxy) is 2. The van der Waals surface area contributed by atoms with Gasteiger partial charge in [0.1, 0.15) is 0 Å². The highest BCUT2D eigenvalue weighted by atomic mass is 16.7. The molecule has 0 aromatic heterocycles. The van der Waals surface area contributed by atoms with Crippen LogP contribution in [0.25, 0.3) is 11.1 Å². The Morgan fingerprint density at radius 1 is 1.00 bits per heavy atom. The molecule has 0 saturated carbocycles. The fraction of sp³-hybridized carbons (Fsp3) is 0.259. The minimum atomic E-state index is -0.984. The number of hydroxylamine groups is 1. The summed E-state index contributed by atoms with van der Waals surface area (Å²) in [6, 6.07) is 11.2. The lowest BCUT2D eigenvalue weighted by Gasteiger charge is -2.18. The van der Waals surface area contributed by atoms with Gasteiger partial charge in [-0.1, -0.05) is 25.5 Å². The van der Waals surface area contributed by atoms with Gasteiger partial charge in [-0.15, -0.1) is 0 Å². The molecule has 1 aromatic rings. The summed E-state index contributed by atoms with van der Waals surface area (Å²) in [6.07, 6.45) is 1.06. The molecule has 2 aliphatic carbocycles. The second kappa shape index (κ2) is 10.2. The van der Waals surface area contributed by atoms with Crippen LogP contribution in [0.2, 0.25) is 0 Å². The molecule has 186 valence electrons. The Kier molecular flexibility index (Phi) is 7.03. The van der Waals surface area contributed by atoms with Crippen molar-refractivity contribution in [1.29, 1.82) is 0 Å². The van der Waals surface area contributed by atoms with Gasteiger partial charge in [0.2, 0.25) is 0 Å². The van der Waals surface area contributed by atoms with Gasteiger partial charge in [-0.3, -0.25) is 19.6 Å². The van der Waals surface area contributed by atoms with E-state index >= 15 is 0 Å². The molecule has 9 heteroatoms. The zero-order valence-corrected chi connectivity index (χ0v) is 20.2. The fourth-order valence-electron chi connectivity index (χ4n) is 4.56. The summed E-state index contributed by atoms with van der Waals surface area (Å²) in [5.41, 5.74) is 4.87. The Bertz CT molecular complexity index is 1310. The number of anilines is 1. The van der Waals surface area contributed by atoms with Gasteiger partial charge in [0.15, 0.2) is 5.75 Å². The van der Waals surface area contributed by atoms with E-state index in [-0.39, 0.29) is 34.7 Å². The van der Waals surface area contributed by atoms with E-state index in [1.165, 1.54) is 6.07 Å². The number of aryl methyl sites for hydroxylation is 1. The van der Waals surface area contributed by atoms with E-state index in [0.717, 1.165) is 17.7 Å². The number of unbranched alkanes of at least 4 members (excludes halogenated alkanes) is 1. The number of imide groups is 1. The largest absolute Gasteiger partial charge is 0.513 e. The number of amides is 3. The predicted octanol–water partition coefficient (Wildman–Crippen LogP) is 4.90. The number of carbonyl (C=O) groups is 4. The number of benzene rings is 1. The topological polar surface area (TPSA) is 122 Å². The van der Waals surface area contributed by atoms with Crippen molar-refractivity contribution in [2.45, 2.75) is 40.0 Å². The first-order valence-electron chi connectivity index (χ1n) is 11.7. The molecule has 0 bridgehead atoms. The van der Waals surface area contributed by atoms with Gasteiger partial charge in [-0.25, -0.2) is 15.2 Å². The van der Waals surface area contributed by atoms with Crippen molar-refractivity contribution in [2.24, 2.45) is 0 Å². The van der Waals surface area contributed by atoms with Crippen molar-refractivity contribution in [3.8, 4) is 16.9 Å². The Hall–Kier alpha value is -4.24. The average molecular weight is 491 g/mol. The van der Waals surface area contributed by atoms with Crippen molar-refractivity contribution in [1.82, 2.24) is 5.48 Å². The molecule has 0 unspecified atom stereocenters. The van der Waals surface area contributed by atoms with E-state index in [4.69, 9.17) is 14.7 Å². The lowest BCUT2D eigenvalue weighted by molar-refractivity contribution is 0.0706. The summed E-state index contributed by atoms with van der Waals surface area (Å²) in [7, 11) is 0. The van der Waals surface area contributed by atoms with Crippen LogP contribution in [-0.2, 0) is 11.2 Å². The van der Waals surface area contributed by atoms with Crippen molar-refractivity contribution in [3.05, 3.63) is 70.3 Å². The third kappa shape index (κ3) is 4.18. The van der Waals surface area contributed by atoms with E-state index in [9.17, 15) is 19.2 Å². The molecular weight excluding hydrogens is 464 g/mol. The van der Waals surface area contributed by atoms with Crippen LogP contribution in [0, 0.1) is 6.92 Å². The molecule has 0 radical (unpaired) electrons. The van der Waals surface area contributed by atoms with Crippen molar-refractivity contribution in [3.63, 3.8) is 0 Å². The third-order valence-corrected chi connectivity index (χ3v) is 6.12. The predicted molar refractivity (Wildman–Crippen MR) is 131 cm³/mol. The van der Waals surface area contributed by atoms with Gasteiger partial charge in [-0.2, -0.15) is 0 Å². The van der Waals surface area contributed by atoms with Crippen LogP contribution in [0.1, 0.15) is 68.9 Å². The molecular formula is C27H26N2O7. The van der Waals surface area contributed by atoms with Crippen LogP contribution in [0.4, 0.5) is 10.5 Å². The normalized spacial score (nSPS) is 12.6. The van der Waals surface area contributed by atoms with Crippen molar-refractivity contribution >= 4 is 29.6 Å². The van der Waals surface area contributed by atoms with E-state index in [1.807, 2.05) is 6.92 Å². The summed E-state index contributed by atoms with van der Waals surface area (Å²) in [5.74, 6) is -1.74. The third-order valence-electron chi connectivity index (χ3n) is 6.12. The summed E-state index contributed by atoms with van der Waals surface area (Å²) in [6.45, 7) is 5.48. The minimum Gasteiger partial charge on any atom is -0.434 e. The van der Waals surface area contributed by atoms with Crippen molar-refractivity contribution < 1.29 is 33.9 Å². The van der Waals surface area contributed by atoms with Gasteiger partial charge in [-0.05, 0) is 73.7 Å². The SMILES string of the molecule is CCCCc1c2c(C)cc(C(=O)NO)ccc-2c(OC(=O)OCC)c1N1C(=O)c2ccccc2C1=O. The highest BCUT2D eigenvalue weighted by Crippen LogP contribution is 2.52. The molecule has 2 N–H and O–H groups in total. The second-order valence-electron chi connectivity index (χ2n) is 8.38. The molecule has 1 heterocycles. The molecule has 3 amide bonds. The van der Waals surface area contributed by atoms with Crippen LogP contribution in [0.5, 0.6) is 5.75 Å². The van der Waals surface area contributed by atoms with Gasteiger partial charge in [0, 0.05) is 11.1 Å². The lowest BCUT2D eigenvalue weighted by Crippen LogP contribution is -2.30. The molecule has 1 aromatic carbocycles. The molecule has 0 spiro atoms. The number of hydrogen-bond donors (Lipinski definition) is 2. The van der Waals surface area contributed by atoms with Crippen LogP contribution in [0.3, 0.4) is 0 Å². The highest BCUT2D eigenvalue weighted by Gasteiger charge is 2.42. The number of carbonyl (C=O) groups excluding carboxylic acids is 4. The number of nitrogens with one attached hydrogen (secondary N) is 1. The quantitative estimate of drug-likeness (QED) is 0.209. The Labute approximate surface area is 207 Å². The van der Waals surface area contributed by atoms with E-state index in [2.05, 4.69) is 0 Å². The summed E-state index contributed by atoms with van der Waals surface area (Å²) >= 11 is 0. The molecule has 0 fully saturated rings. The molecule has 1 aliphatic heterocycles. The smallest absolute Gasteiger partial charge is 0.434 e. The zero-order valence-electron chi connectivity index (χ0n) is 20.2. The number of rotatable bonds is 7. The maximum atomic E-state index is 13.5. The van der Waals surface area contributed by atoms with E-state index < -0.39 is 23.9 Å². The first-order chi connectivity index (χ1) is 17.3. The molecule has 36 heavy (non-hydrogen) atoms. The van der Waals surface area contributed by atoms with Gasteiger partial charge in [0.05, 0.1) is 23.4 Å². The first kappa shape index (κ1) is 24.9. The maximum absolute atomic E-state index is 13.5. The fourth-order valence-corrected chi connectivity index (χ4v) is 4.56. The van der Waals surface area contributed by atoms with Crippen LogP contribution in [0.15, 0.2) is 42.5 Å². The molecule has 9 nitrogen and oxygen atoms in total. The van der Waals surface area contributed by atoms with Crippen LogP contribution in [-0.4, -0.2) is 35.7 Å². The molecule has 3 aliphatic rings. The minimum absolute atomic E-state index is 0.00119. The van der Waals surface area contributed by atoms with Gasteiger partial charge in [0.25, 0.3) is 17.7 Å². The second-order valence-corrected chi connectivity index (χ2v) is 8.38.